The molecule has 0 spiro atoms. The fourth-order valence-corrected chi connectivity index (χ4v) is 5.93. The first-order valence-electron chi connectivity index (χ1n) is 13.1. The van der Waals surface area contributed by atoms with E-state index < -0.39 is 28.5 Å². The lowest BCUT2D eigenvalue weighted by Gasteiger charge is -2.32. The standard InChI is InChI=1S/C30H35BrClN3O5S/c1-6-21(3)33-30(37)22(4)34(18-23-9-11-24(31)12-10-23)29(36)19-35(25-13-16-28(40-5)27(32)17-25)41(38,39)26-14-7-20(2)8-15-26/h7-17,21-22H,6,18-19H2,1-5H3,(H,33,37)/t21-,22+/m1/s1. The third kappa shape index (κ3) is 8.24. The monoisotopic (exact) mass is 663 g/mol. The maximum atomic E-state index is 14.0. The van der Waals surface area contributed by atoms with Gasteiger partial charge in [0, 0.05) is 17.1 Å². The van der Waals surface area contributed by atoms with Crippen molar-refractivity contribution in [3.8, 4) is 5.75 Å². The number of halogens is 2. The molecular weight excluding hydrogens is 630 g/mol. The molecule has 8 nitrogen and oxygen atoms in total. The van der Waals surface area contributed by atoms with Crippen LogP contribution in [-0.2, 0) is 26.2 Å². The van der Waals surface area contributed by atoms with Crippen molar-refractivity contribution in [1.82, 2.24) is 10.2 Å². The van der Waals surface area contributed by atoms with Crippen LogP contribution in [0.15, 0.2) is 76.1 Å². The van der Waals surface area contributed by atoms with E-state index in [-0.39, 0.29) is 34.1 Å². The minimum atomic E-state index is -4.20. The number of ether oxygens (including phenoxy) is 1. The number of carbonyl (C=O) groups excluding carboxylic acids is 2. The molecule has 3 aromatic carbocycles. The van der Waals surface area contributed by atoms with Crippen molar-refractivity contribution in [3.05, 3.63) is 87.4 Å². The Kier molecular flexibility index (Phi) is 11.2. The molecule has 3 aromatic rings. The number of anilines is 1. The van der Waals surface area contributed by atoms with Gasteiger partial charge in [-0.15, -0.1) is 0 Å². The molecule has 0 unspecified atom stereocenters. The van der Waals surface area contributed by atoms with Crippen LogP contribution in [0.25, 0.3) is 0 Å². The van der Waals surface area contributed by atoms with Crippen LogP contribution in [0.2, 0.25) is 5.02 Å². The molecule has 0 aliphatic rings. The van der Waals surface area contributed by atoms with Crippen molar-refractivity contribution in [3.63, 3.8) is 0 Å². The number of carbonyl (C=O) groups is 2. The Bertz CT molecular complexity index is 1470. The average Bonchev–Trinajstić information content (AvgIpc) is 2.95. The second kappa shape index (κ2) is 14.2. The third-order valence-corrected chi connectivity index (χ3v) is 9.36. The highest BCUT2D eigenvalue weighted by Gasteiger charge is 2.33. The van der Waals surface area contributed by atoms with Gasteiger partial charge in [0.25, 0.3) is 10.0 Å². The van der Waals surface area contributed by atoms with Gasteiger partial charge in [0.2, 0.25) is 11.8 Å². The summed E-state index contributed by atoms with van der Waals surface area (Å²) in [5.41, 5.74) is 1.86. The highest BCUT2D eigenvalue weighted by atomic mass is 79.9. The number of nitrogens with zero attached hydrogens (tertiary/aromatic N) is 2. The summed E-state index contributed by atoms with van der Waals surface area (Å²) in [7, 11) is -2.75. The van der Waals surface area contributed by atoms with Crippen molar-refractivity contribution >= 4 is 55.1 Å². The summed E-state index contributed by atoms with van der Waals surface area (Å²) in [6, 6.07) is 17.3. The summed E-state index contributed by atoms with van der Waals surface area (Å²) >= 11 is 9.78. The van der Waals surface area contributed by atoms with Crippen LogP contribution in [0.4, 0.5) is 5.69 Å². The highest BCUT2D eigenvalue weighted by Crippen LogP contribution is 2.32. The Morgan fingerprint density at radius 1 is 1.02 bits per heavy atom. The molecule has 0 heterocycles. The number of rotatable bonds is 12. The summed E-state index contributed by atoms with van der Waals surface area (Å²) in [5.74, 6) is -0.519. The van der Waals surface area contributed by atoms with Gasteiger partial charge in [-0.3, -0.25) is 13.9 Å². The number of hydrogen-bond donors (Lipinski definition) is 1. The number of hydrogen-bond acceptors (Lipinski definition) is 5. The maximum Gasteiger partial charge on any atom is 0.264 e. The molecule has 0 aliphatic heterocycles. The van der Waals surface area contributed by atoms with Gasteiger partial charge >= 0.3 is 0 Å². The summed E-state index contributed by atoms with van der Waals surface area (Å²) in [5, 5.41) is 3.11. The van der Waals surface area contributed by atoms with Gasteiger partial charge in [0.05, 0.1) is 22.7 Å². The first-order chi connectivity index (χ1) is 19.4. The largest absolute Gasteiger partial charge is 0.495 e. The first kappa shape index (κ1) is 32.4. The lowest BCUT2D eigenvalue weighted by atomic mass is 10.1. The van der Waals surface area contributed by atoms with Gasteiger partial charge in [-0.1, -0.05) is 64.3 Å². The fraction of sp³-hybridized carbons (Fsp3) is 0.333. The van der Waals surface area contributed by atoms with E-state index in [9.17, 15) is 18.0 Å². The predicted molar refractivity (Wildman–Crippen MR) is 166 cm³/mol. The van der Waals surface area contributed by atoms with E-state index in [0.717, 1.165) is 26.3 Å². The van der Waals surface area contributed by atoms with Crippen LogP contribution in [0.5, 0.6) is 5.75 Å². The van der Waals surface area contributed by atoms with Gasteiger partial charge in [-0.2, -0.15) is 0 Å². The fourth-order valence-electron chi connectivity index (χ4n) is 4.01. The van der Waals surface area contributed by atoms with Gasteiger partial charge in [-0.25, -0.2) is 8.42 Å². The van der Waals surface area contributed by atoms with Crippen LogP contribution in [0, 0.1) is 6.92 Å². The molecule has 0 bridgehead atoms. The van der Waals surface area contributed by atoms with Gasteiger partial charge < -0.3 is 15.0 Å². The molecule has 0 saturated carbocycles. The molecule has 0 saturated heterocycles. The number of aryl methyl sites for hydroxylation is 1. The topological polar surface area (TPSA) is 96.0 Å². The normalized spacial score (nSPS) is 12.8. The third-order valence-electron chi connectivity index (χ3n) is 6.75. The van der Waals surface area contributed by atoms with Crippen LogP contribution in [0.1, 0.15) is 38.3 Å². The van der Waals surface area contributed by atoms with E-state index in [1.165, 1.54) is 36.3 Å². The molecule has 0 fully saturated rings. The van der Waals surface area contributed by atoms with Gasteiger partial charge in [-0.05, 0) is 75.2 Å². The van der Waals surface area contributed by atoms with Crippen molar-refractivity contribution < 1.29 is 22.7 Å². The second-order valence-corrected chi connectivity index (χ2v) is 13.0. The molecular formula is C30H35BrClN3O5S. The Hall–Kier alpha value is -3.08. The van der Waals surface area contributed by atoms with Crippen molar-refractivity contribution in [2.75, 3.05) is 18.0 Å². The number of sulfonamides is 1. The number of benzene rings is 3. The molecule has 0 aromatic heterocycles. The van der Waals surface area contributed by atoms with E-state index in [1.807, 2.05) is 45.0 Å². The molecule has 0 radical (unpaired) electrons. The lowest BCUT2D eigenvalue weighted by molar-refractivity contribution is -0.139. The molecule has 0 aliphatic carbocycles. The van der Waals surface area contributed by atoms with Crippen molar-refractivity contribution in [2.45, 2.75) is 57.6 Å². The van der Waals surface area contributed by atoms with Crippen molar-refractivity contribution in [1.29, 1.82) is 0 Å². The Morgan fingerprint density at radius 2 is 1.66 bits per heavy atom. The highest BCUT2D eigenvalue weighted by molar-refractivity contribution is 9.10. The van der Waals surface area contributed by atoms with Crippen LogP contribution < -0.4 is 14.4 Å². The molecule has 2 amide bonds. The first-order valence-corrected chi connectivity index (χ1v) is 15.8. The molecule has 220 valence electrons. The predicted octanol–water partition coefficient (Wildman–Crippen LogP) is 5.95. The second-order valence-electron chi connectivity index (χ2n) is 9.79. The number of amides is 2. The Labute approximate surface area is 255 Å². The molecule has 1 N–H and O–H groups in total. The molecule has 2 atom stereocenters. The van der Waals surface area contributed by atoms with E-state index in [1.54, 1.807) is 25.1 Å². The SMILES string of the molecule is CC[C@@H](C)NC(=O)[C@H](C)N(Cc1ccc(Br)cc1)C(=O)CN(c1ccc(OC)c(Cl)c1)S(=O)(=O)c1ccc(C)cc1. The van der Waals surface area contributed by atoms with Crippen molar-refractivity contribution in [2.24, 2.45) is 0 Å². The van der Waals surface area contributed by atoms with E-state index in [0.29, 0.717) is 5.75 Å². The molecule has 3 rings (SSSR count). The smallest absolute Gasteiger partial charge is 0.264 e. The minimum Gasteiger partial charge on any atom is -0.495 e. The van der Waals surface area contributed by atoms with Crippen LogP contribution >= 0.6 is 27.5 Å². The van der Waals surface area contributed by atoms with Crippen LogP contribution in [-0.4, -0.2) is 50.9 Å². The van der Waals surface area contributed by atoms with E-state index in [2.05, 4.69) is 21.2 Å². The summed E-state index contributed by atoms with van der Waals surface area (Å²) in [6.45, 7) is 6.87. The zero-order chi connectivity index (χ0) is 30.3. The zero-order valence-electron chi connectivity index (χ0n) is 23.7. The summed E-state index contributed by atoms with van der Waals surface area (Å²) in [6.07, 6.45) is 0.722. The average molecular weight is 665 g/mol. The minimum absolute atomic E-state index is 0.0184. The van der Waals surface area contributed by atoms with Gasteiger partial charge in [0.1, 0.15) is 18.3 Å². The van der Waals surface area contributed by atoms with E-state index >= 15 is 0 Å². The number of nitrogens with one attached hydrogen (secondary N) is 1. The number of methoxy groups -OCH3 is 1. The zero-order valence-corrected chi connectivity index (χ0v) is 26.9. The Balaban J connectivity index is 2.06. The maximum absolute atomic E-state index is 14.0. The summed E-state index contributed by atoms with van der Waals surface area (Å²) < 4.78 is 35.0. The molecule has 41 heavy (non-hydrogen) atoms. The van der Waals surface area contributed by atoms with Gasteiger partial charge in [0.15, 0.2) is 0 Å². The van der Waals surface area contributed by atoms with E-state index in [4.69, 9.17) is 16.3 Å². The quantitative estimate of drug-likeness (QED) is 0.258. The lowest BCUT2D eigenvalue weighted by Crippen LogP contribution is -2.52. The Morgan fingerprint density at radius 3 is 2.22 bits per heavy atom. The molecule has 11 heteroatoms. The summed E-state index contributed by atoms with van der Waals surface area (Å²) in [4.78, 5) is 28.6. The van der Waals surface area contributed by atoms with Crippen LogP contribution in [0.3, 0.4) is 0 Å².